The topological polar surface area (TPSA) is 56.7 Å². The predicted octanol–water partition coefficient (Wildman–Crippen LogP) is 3.22. The van der Waals surface area contributed by atoms with Crippen molar-refractivity contribution in [2.45, 2.75) is 25.4 Å². The Kier molecular flexibility index (Phi) is 4.84. The van der Waals surface area contributed by atoms with Gasteiger partial charge in [0.1, 0.15) is 0 Å². The number of nitrogens with zero attached hydrogens (tertiary/aromatic N) is 3. The van der Waals surface area contributed by atoms with Crippen molar-refractivity contribution in [1.29, 1.82) is 0 Å². The summed E-state index contributed by atoms with van der Waals surface area (Å²) in [6.07, 6.45) is -0.447. The Balaban J connectivity index is 2.24. The first kappa shape index (κ1) is 15.8. The van der Waals surface area contributed by atoms with Gasteiger partial charge in [0, 0.05) is 5.02 Å². The third-order valence-electron chi connectivity index (χ3n) is 2.90. The Labute approximate surface area is 124 Å². The third-order valence-corrected chi connectivity index (χ3v) is 3.12. The van der Waals surface area contributed by atoms with Crippen LogP contribution in [0.25, 0.3) is 5.69 Å². The molecule has 0 aliphatic heterocycles. The van der Waals surface area contributed by atoms with Crippen molar-refractivity contribution in [1.82, 2.24) is 15.0 Å². The monoisotopic (exact) mass is 318 g/mol. The number of aromatic nitrogens is 3. The van der Waals surface area contributed by atoms with Crippen LogP contribution in [0.3, 0.4) is 0 Å². The van der Waals surface area contributed by atoms with Crippen molar-refractivity contribution in [3.05, 3.63) is 40.7 Å². The van der Waals surface area contributed by atoms with E-state index in [4.69, 9.17) is 17.3 Å². The molecule has 8 heteroatoms. The number of hydrogen-bond acceptors (Lipinski definition) is 3. The number of hydrogen-bond donors (Lipinski definition) is 1. The number of alkyl halides is 3. The van der Waals surface area contributed by atoms with Crippen LogP contribution in [0.1, 0.15) is 24.1 Å². The molecular formula is C13H14ClF3N4. The van der Waals surface area contributed by atoms with Gasteiger partial charge in [-0.2, -0.15) is 13.2 Å². The molecule has 0 fully saturated rings. The number of unbranched alkanes of at least 4 members (excludes halogenated alkanes) is 1. The van der Waals surface area contributed by atoms with E-state index in [1.54, 1.807) is 6.20 Å². The van der Waals surface area contributed by atoms with Crippen LogP contribution < -0.4 is 5.73 Å². The molecule has 21 heavy (non-hydrogen) atoms. The summed E-state index contributed by atoms with van der Waals surface area (Å²) in [5.74, 6) is 0. The normalized spacial score (nSPS) is 11.9. The zero-order chi connectivity index (χ0) is 15.5. The lowest BCUT2D eigenvalue weighted by molar-refractivity contribution is -0.137. The first-order chi connectivity index (χ1) is 9.90. The number of benzene rings is 1. The van der Waals surface area contributed by atoms with Crippen molar-refractivity contribution >= 4 is 11.6 Å². The molecule has 0 radical (unpaired) electrons. The predicted molar refractivity (Wildman–Crippen MR) is 73.4 cm³/mol. The van der Waals surface area contributed by atoms with E-state index in [9.17, 15) is 13.2 Å². The van der Waals surface area contributed by atoms with Crippen LogP contribution in [0.4, 0.5) is 13.2 Å². The molecule has 0 bridgehead atoms. The highest BCUT2D eigenvalue weighted by molar-refractivity contribution is 6.30. The zero-order valence-corrected chi connectivity index (χ0v) is 11.8. The molecule has 0 amide bonds. The van der Waals surface area contributed by atoms with Crippen LogP contribution in [0.2, 0.25) is 5.02 Å². The second-order valence-corrected chi connectivity index (χ2v) is 5.03. The summed E-state index contributed by atoms with van der Waals surface area (Å²) in [5.41, 5.74) is 5.52. The summed E-state index contributed by atoms with van der Waals surface area (Å²) in [7, 11) is 0. The van der Waals surface area contributed by atoms with E-state index in [2.05, 4.69) is 10.3 Å². The fourth-order valence-electron chi connectivity index (χ4n) is 1.86. The average molecular weight is 319 g/mol. The molecule has 4 nitrogen and oxygen atoms in total. The highest BCUT2D eigenvalue weighted by Gasteiger charge is 2.31. The lowest BCUT2D eigenvalue weighted by Gasteiger charge is -2.09. The van der Waals surface area contributed by atoms with Crippen molar-refractivity contribution < 1.29 is 13.2 Å². The maximum atomic E-state index is 12.8. The Hall–Kier alpha value is -1.60. The molecule has 0 aliphatic rings. The van der Waals surface area contributed by atoms with Crippen LogP contribution in [-0.4, -0.2) is 21.5 Å². The van der Waals surface area contributed by atoms with E-state index >= 15 is 0 Å². The molecule has 0 atom stereocenters. The van der Waals surface area contributed by atoms with Gasteiger partial charge in [0.15, 0.2) is 0 Å². The highest BCUT2D eigenvalue weighted by Crippen LogP contribution is 2.32. The summed E-state index contributed by atoms with van der Waals surface area (Å²) < 4.78 is 39.6. The van der Waals surface area contributed by atoms with Gasteiger partial charge in [0.2, 0.25) is 0 Å². The van der Waals surface area contributed by atoms with E-state index in [0.29, 0.717) is 18.7 Å². The van der Waals surface area contributed by atoms with E-state index in [1.807, 2.05) is 0 Å². The van der Waals surface area contributed by atoms with Crippen molar-refractivity contribution in [2.75, 3.05) is 6.54 Å². The Morgan fingerprint density at radius 2 is 1.95 bits per heavy atom. The van der Waals surface area contributed by atoms with E-state index in [-0.39, 0.29) is 10.7 Å². The van der Waals surface area contributed by atoms with Crippen LogP contribution in [0.15, 0.2) is 24.4 Å². The molecule has 0 saturated heterocycles. The maximum Gasteiger partial charge on any atom is 0.416 e. The van der Waals surface area contributed by atoms with Gasteiger partial charge >= 0.3 is 6.18 Å². The molecule has 2 N–H and O–H groups in total. The summed E-state index contributed by atoms with van der Waals surface area (Å²) in [5, 5.41) is 7.77. The average Bonchev–Trinajstić information content (AvgIpc) is 2.86. The molecular weight excluding hydrogens is 305 g/mol. The summed E-state index contributed by atoms with van der Waals surface area (Å²) >= 11 is 5.74. The van der Waals surface area contributed by atoms with E-state index < -0.39 is 11.7 Å². The molecule has 1 aromatic carbocycles. The van der Waals surface area contributed by atoms with Gasteiger partial charge < -0.3 is 5.73 Å². The van der Waals surface area contributed by atoms with Gasteiger partial charge in [-0.3, -0.25) is 0 Å². The van der Waals surface area contributed by atoms with Crippen LogP contribution >= 0.6 is 11.6 Å². The van der Waals surface area contributed by atoms with Gasteiger partial charge in [0.25, 0.3) is 0 Å². The largest absolute Gasteiger partial charge is 0.416 e. The fraction of sp³-hybridized carbons (Fsp3) is 0.385. The van der Waals surface area contributed by atoms with Crippen LogP contribution in [-0.2, 0) is 12.6 Å². The number of rotatable bonds is 5. The lowest BCUT2D eigenvalue weighted by atomic mass is 10.2. The number of halogens is 4. The second-order valence-electron chi connectivity index (χ2n) is 4.60. The van der Waals surface area contributed by atoms with Gasteiger partial charge in [-0.1, -0.05) is 16.8 Å². The standard InChI is InChI=1S/C13H14ClF3N4/c14-10-5-9(13(15,16)17)6-12(7-10)21-8-11(19-20-21)3-1-2-4-18/h5-8H,1-4,18H2. The molecule has 2 rings (SSSR count). The highest BCUT2D eigenvalue weighted by atomic mass is 35.5. The van der Waals surface area contributed by atoms with Crippen LogP contribution in [0, 0.1) is 0 Å². The summed E-state index contributed by atoms with van der Waals surface area (Å²) in [6, 6.07) is 3.28. The smallest absolute Gasteiger partial charge is 0.330 e. The third kappa shape index (κ3) is 4.18. The van der Waals surface area contributed by atoms with E-state index in [0.717, 1.165) is 25.0 Å². The van der Waals surface area contributed by atoms with E-state index in [1.165, 1.54) is 10.7 Å². The fourth-order valence-corrected chi connectivity index (χ4v) is 2.09. The molecule has 1 heterocycles. The van der Waals surface area contributed by atoms with Gasteiger partial charge in [-0.05, 0) is 44.0 Å². The minimum Gasteiger partial charge on any atom is -0.330 e. The lowest BCUT2D eigenvalue weighted by Crippen LogP contribution is -2.06. The van der Waals surface area contributed by atoms with Crippen molar-refractivity contribution in [3.8, 4) is 5.69 Å². The number of nitrogens with two attached hydrogens (primary N) is 1. The SMILES string of the molecule is NCCCCc1cn(-c2cc(Cl)cc(C(F)(F)F)c2)nn1. The molecule has 0 aliphatic carbocycles. The molecule has 1 aromatic heterocycles. The second kappa shape index (κ2) is 6.44. The first-order valence-corrected chi connectivity index (χ1v) is 6.77. The molecule has 0 unspecified atom stereocenters. The van der Waals surface area contributed by atoms with Crippen molar-refractivity contribution in [3.63, 3.8) is 0 Å². The molecule has 2 aromatic rings. The summed E-state index contributed by atoms with van der Waals surface area (Å²) in [4.78, 5) is 0. The van der Waals surface area contributed by atoms with Crippen molar-refractivity contribution in [2.24, 2.45) is 5.73 Å². The first-order valence-electron chi connectivity index (χ1n) is 6.39. The quantitative estimate of drug-likeness (QED) is 0.861. The molecule has 114 valence electrons. The zero-order valence-electron chi connectivity index (χ0n) is 11.1. The molecule has 0 saturated carbocycles. The Morgan fingerprint density at radius 1 is 1.19 bits per heavy atom. The van der Waals surface area contributed by atoms with Gasteiger partial charge in [-0.25, -0.2) is 4.68 Å². The number of aryl methyl sites for hydroxylation is 1. The maximum absolute atomic E-state index is 12.8. The Bertz CT molecular complexity index is 610. The minimum atomic E-state index is -4.45. The summed E-state index contributed by atoms with van der Waals surface area (Å²) in [6.45, 7) is 0.595. The Morgan fingerprint density at radius 3 is 2.62 bits per heavy atom. The molecule has 0 spiro atoms. The van der Waals surface area contributed by atoms with Gasteiger partial charge in [0.05, 0.1) is 23.1 Å². The van der Waals surface area contributed by atoms with Crippen LogP contribution in [0.5, 0.6) is 0 Å². The minimum absolute atomic E-state index is 0.00000625. The van der Waals surface area contributed by atoms with Gasteiger partial charge in [-0.15, -0.1) is 5.10 Å².